The molecule has 0 saturated carbocycles. The second kappa shape index (κ2) is 11.7. The van der Waals surface area contributed by atoms with Crippen LogP contribution in [0.3, 0.4) is 0 Å². The number of methoxy groups -OCH3 is 2. The van der Waals surface area contributed by atoms with Crippen molar-refractivity contribution in [2.75, 3.05) is 31.0 Å². The number of carboxylic acids is 1. The highest BCUT2D eigenvalue weighted by Crippen LogP contribution is 2.51. The van der Waals surface area contributed by atoms with Crippen molar-refractivity contribution in [1.82, 2.24) is 4.98 Å². The molecule has 0 spiro atoms. The molecule has 0 unspecified atom stereocenters. The van der Waals surface area contributed by atoms with Gasteiger partial charge in [-0.2, -0.15) is 0 Å². The van der Waals surface area contributed by atoms with Gasteiger partial charge in [0.25, 0.3) is 5.91 Å². The third kappa shape index (κ3) is 5.51. The Morgan fingerprint density at radius 3 is 2.54 bits per heavy atom. The van der Waals surface area contributed by atoms with E-state index >= 15 is 0 Å². The minimum atomic E-state index is -1.17. The second-order valence-corrected chi connectivity index (χ2v) is 12.7. The molecular weight excluding hydrogens is 590 g/mol. The van der Waals surface area contributed by atoms with Gasteiger partial charge in [0.05, 0.1) is 32.4 Å². The lowest BCUT2D eigenvalue weighted by atomic mass is 9.84. The number of ether oxygens (including phenoxy) is 4. The molecule has 3 aromatic carbocycles. The lowest BCUT2D eigenvalue weighted by Gasteiger charge is -2.44. The van der Waals surface area contributed by atoms with E-state index < -0.39 is 24.1 Å². The van der Waals surface area contributed by atoms with Gasteiger partial charge in [0.1, 0.15) is 30.3 Å². The molecule has 0 saturated heterocycles. The molecule has 3 N–H and O–H groups in total. The molecule has 3 heterocycles. The highest BCUT2D eigenvalue weighted by atomic mass is 16.5. The monoisotopic (exact) mass is 627 g/mol. The second-order valence-electron chi connectivity index (χ2n) is 12.7. The number of nitrogens with one attached hydrogen (secondary N) is 2. The molecule has 2 aliphatic rings. The first kappa shape index (κ1) is 31.0. The molecule has 0 fully saturated rings. The van der Waals surface area contributed by atoms with E-state index in [2.05, 4.69) is 31.1 Å². The van der Waals surface area contributed by atoms with Crippen LogP contribution in [0.5, 0.6) is 17.2 Å². The predicted octanol–water partition coefficient (Wildman–Crippen LogP) is 5.85. The fraction of sp³-hybridized carbons (Fsp3) is 0.343. The number of carbonyl (C=O) groups is 3. The van der Waals surface area contributed by atoms with E-state index in [1.165, 1.54) is 6.07 Å². The fourth-order valence-corrected chi connectivity index (χ4v) is 6.29. The minimum Gasteiger partial charge on any atom is -0.493 e. The molecule has 2 aliphatic heterocycles. The van der Waals surface area contributed by atoms with Crippen LogP contribution in [0, 0.1) is 12.3 Å². The van der Waals surface area contributed by atoms with Crippen molar-refractivity contribution in [3.05, 3.63) is 77.0 Å². The van der Waals surface area contributed by atoms with Crippen molar-refractivity contribution in [1.29, 1.82) is 0 Å². The number of carbonyl (C=O) groups excluding carboxylic acids is 2. The third-order valence-electron chi connectivity index (χ3n) is 8.52. The summed E-state index contributed by atoms with van der Waals surface area (Å²) in [7, 11) is 3.10. The van der Waals surface area contributed by atoms with Gasteiger partial charge < -0.3 is 34.4 Å². The van der Waals surface area contributed by atoms with Gasteiger partial charge in [0.15, 0.2) is 11.5 Å². The number of fused-ring (bicyclic) bond motifs is 1. The number of anilines is 2. The number of hydrogen-bond acceptors (Lipinski definition) is 7. The van der Waals surface area contributed by atoms with E-state index in [0.717, 1.165) is 11.1 Å². The zero-order valence-corrected chi connectivity index (χ0v) is 26.6. The molecule has 3 atom stereocenters. The summed E-state index contributed by atoms with van der Waals surface area (Å²) in [5.74, 6) is -0.338. The molecular formula is C35H37N3O8. The van der Waals surface area contributed by atoms with Gasteiger partial charge in [-0.05, 0) is 48.2 Å². The highest BCUT2D eigenvalue weighted by Gasteiger charge is 2.47. The summed E-state index contributed by atoms with van der Waals surface area (Å²) in [6.07, 6.45) is -2.25. The third-order valence-corrected chi connectivity index (χ3v) is 8.52. The SMILES string of the molecule is COc1cccc([C@H]2O[C@H](CC(=O)Nc3ccc4cc(C(=O)O)[nH]c4c3)C(=O)N3c4c(cc(C)cc42)OC[C@H]3C(C)(C)C)c1OC. The number of rotatable bonds is 7. The van der Waals surface area contributed by atoms with E-state index in [-0.39, 0.29) is 36.1 Å². The van der Waals surface area contributed by atoms with Crippen LogP contribution < -0.4 is 24.4 Å². The van der Waals surface area contributed by atoms with Crippen molar-refractivity contribution >= 4 is 40.1 Å². The zero-order valence-electron chi connectivity index (χ0n) is 26.6. The molecule has 6 rings (SSSR count). The van der Waals surface area contributed by atoms with Crippen LogP contribution in [-0.4, -0.2) is 60.8 Å². The summed E-state index contributed by atoms with van der Waals surface area (Å²) < 4.78 is 24.4. The van der Waals surface area contributed by atoms with Gasteiger partial charge in [-0.3, -0.25) is 14.5 Å². The molecule has 0 bridgehead atoms. The lowest BCUT2D eigenvalue weighted by molar-refractivity contribution is -0.137. The van der Waals surface area contributed by atoms with Crippen LogP contribution in [0.25, 0.3) is 10.9 Å². The molecule has 0 aliphatic carbocycles. The molecule has 0 radical (unpaired) electrons. The van der Waals surface area contributed by atoms with Crippen molar-refractivity contribution < 1.29 is 38.4 Å². The number of aromatic carboxylic acids is 1. The van der Waals surface area contributed by atoms with Crippen molar-refractivity contribution in [3.8, 4) is 17.2 Å². The number of benzene rings is 3. The Balaban J connectivity index is 1.42. The number of aryl methyl sites for hydroxylation is 1. The predicted molar refractivity (Wildman–Crippen MR) is 172 cm³/mol. The standard InChI is InChI=1S/C35H37N3O8/c1-18-12-22-30-26(13-18)45-17-28(35(2,3)4)38(30)33(40)27(46-31(22)21-8-7-9-25(43-5)32(21)44-6)16-29(39)36-20-11-10-19-14-24(34(41)42)37-23(19)15-20/h7-15,27-28,31,37H,16-17H2,1-6H3,(H,36,39)(H,41,42)/t27-,28+,31-/m1/s1. The van der Waals surface area contributed by atoms with Crippen LogP contribution in [0.4, 0.5) is 11.4 Å². The average molecular weight is 628 g/mol. The van der Waals surface area contributed by atoms with E-state index in [9.17, 15) is 19.5 Å². The van der Waals surface area contributed by atoms with E-state index in [1.807, 2.05) is 31.2 Å². The Hall–Kier alpha value is -5.03. The number of hydrogen-bond donors (Lipinski definition) is 3. The first-order chi connectivity index (χ1) is 21.9. The average Bonchev–Trinajstić information content (AvgIpc) is 3.40. The fourth-order valence-electron chi connectivity index (χ4n) is 6.29. The Morgan fingerprint density at radius 2 is 1.85 bits per heavy atom. The van der Waals surface area contributed by atoms with Crippen molar-refractivity contribution in [2.24, 2.45) is 5.41 Å². The summed E-state index contributed by atoms with van der Waals surface area (Å²) in [5, 5.41) is 12.9. The molecule has 240 valence electrons. The van der Waals surface area contributed by atoms with Crippen LogP contribution in [0.1, 0.15) is 60.5 Å². The molecule has 4 aromatic rings. The number of aromatic nitrogens is 1. The van der Waals surface area contributed by atoms with Crippen molar-refractivity contribution in [3.63, 3.8) is 0 Å². The number of amides is 2. The zero-order chi connectivity index (χ0) is 32.9. The van der Waals surface area contributed by atoms with Gasteiger partial charge in [-0.25, -0.2) is 4.79 Å². The quantitative estimate of drug-likeness (QED) is 0.232. The van der Waals surface area contributed by atoms with E-state index in [1.54, 1.807) is 43.4 Å². The Kier molecular flexibility index (Phi) is 7.89. The van der Waals surface area contributed by atoms with Gasteiger partial charge in [0, 0.05) is 27.7 Å². The largest absolute Gasteiger partial charge is 0.493 e. The van der Waals surface area contributed by atoms with Crippen molar-refractivity contribution in [2.45, 2.75) is 52.4 Å². The molecule has 46 heavy (non-hydrogen) atoms. The van der Waals surface area contributed by atoms with Gasteiger partial charge in [0.2, 0.25) is 5.91 Å². The highest BCUT2D eigenvalue weighted by molar-refractivity contribution is 6.04. The van der Waals surface area contributed by atoms with Crippen LogP contribution in [0.15, 0.2) is 54.6 Å². The topological polar surface area (TPSA) is 139 Å². The van der Waals surface area contributed by atoms with Gasteiger partial charge in [-0.1, -0.05) is 45.0 Å². The smallest absolute Gasteiger partial charge is 0.352 e. The number of H-pyrrole nitrogens is 1. The maximum absolute atomic E-state index is 14.6. The van der Waals surface area contributed by atoms with Crippen LogP contribution >= 0.6 is 0 Å². The van der Waals surface area contributed by atoms with Crippen LogP contribution in [-0.2, 0) is 14.3 Å². The summed E-state index contributed by atoms with van der Waals surface area (Å²) in [6, 6.07) is 15.6. The maximum atomic E-state index is 14.6. The summed E-state index contributed by atoms with van der Waals surface area (Å²) in [6.45, 7) is 8.39. The minimum absolute atomic E-state index is 0.0445. The summed E-state index contributed by atoms with van der Waals surface area (Å²) >= 11 is 0. The van der Waals surface area contributed by atoms with E-state index in [0.29, 0.717) is 45.1 Å². The first-order valence-corrected chi connectivity index (χ1v) is 15.0. The normalized spacial score (nSPS) is 19.2. The maximum Gasteiger partial charge on any atom is 0.352 e. The first-order valence-electron chi connectivity index (χ1n) is 15.0. The lowest BCUT2D eigenvalue weighted by Crippen LogP contribution is -2.56. The molecule has 11 heteroatoms. The number of aromatic amines is 1. The van der Waals surface area contributed by atoms with E-state index in [4.69, 9.17) is 18.9 Å². The Bertz CT molecular complexity index is 1860. The Labute approximate surface area is 266 Å². The molecule has 1 aromatic heterocycles. The van der Waals surface area contributed by atoms with Crippen LogP contribution in [0.2, 0.25) is 0 Å². The Morgan fingerprint density at radius 1 is 1.07 bits per heavy atom. The summed E-state index contributed by atoms with van der Waals surface area (Å²) in [4.78, 5) is 44.2. The number of para-hydroxylation sites is 1. The van der Waals surface area contributed by atoms with Gasteiger partial charge in [-0.15, -0.1) is 0 Å². The molecule has 11 nitrogen and oxygen atoms in total. The van der Waals surface area contributed by atoms with Gasteiger partial charge >= 0.3 is 5.97 Å². The summed E-state index contributed by atoms with van der Waals surface area (Å²) in [5.41, 5.74) is 3.58. The molecule has 2 amide bonds. The number of nitrogens with zero attached hydrogens (tertiary/aromatic N) is 1. The number of carboxylic acid groups (broad SMARTS) is 1.